The maximum Gasteiger partial charge on any atom is 0.410 e. The summed E-state index contributed by atoms with van der Waals surface area (Å²) in [6.07, 6.45) is 3.04. The predicted molar refractivity (Wildman–Crippen MR) is 175 cm³/mol. The van der Waals surface area contributed by atoms with Gasteiger partial charge in [-0.25, -0.2) is 9.18 Å². The molecule has 2 aliphatic rings. The number of anilines is 1. The number of nitrogens with zero attached hydrogens (tertiary/aromatic N) is 5. The molecule has 46 heavy (non-hydrogen) atoms. The highest BCUT2D eigenvalue weighted by molar-refractivity contribution is 6.00. The first-order valence-corrected chi connectivity index (χ1v) is 15.5. The Morgan fingerprint density at radius 3 is 2.39 bits per heavy atom. The molecule has 2 fully saturated rings. The van der Waals surface area contributed by atoms with Gasteiger partial charge >= 0.3 is 12.1 Å². The van der Waals surface area contributed by atoms with Gasteiger partial charge in [0.15, 0.2) is 5.82 Å². The van der Waals surface area contributed by atoms with E-state index in [9.17, 15) is 4.79 Å². The lowest BCUT2D eigenvalue weighted by molar-refractivity contribution is 0.0123. The van der Waals surface area contributed by atoms with E-state index in [2.05, 4.69) is 19.9 Å². The Balaban J connectivity index is 1.26. The molecule has 0 aliphatic carbocycles. The normalized spacial score (nSPS) is 17.8. The topological polar surface area (TPSA) is 89.9 Å². The molecule has 2 bridgehead atoms. The molecule has 236 valence electrons. The van der Waals surface area contributed by atoms with Gasteiger partial charge in [-0.3, -0.25) is 9.88 Å². The summed E-state index contributed by atoms with van der Waals surface area (Å²) >= 11 is 0. The molecule has 9 nitrogen and oxygen atoms in total. The predicted octanol–water partition coefficient (Wildman–Crippen LogP) is 7.16. The van der Waals surface area contributed by atoms with Crippen molar-refractivity contribution in [2.24, 2.45) is 0 Å². The van der Waals surface area contributed by atoms with Crippen LogP contribution in [0.1, 0.15) is 39.2 Å². The van der Waals surface area contributed by atoms with Gasteiger partial charge in [0.1, 0.15) is 35.0 Å². The zero-order valence-corrected chi connectivity index (χ0v) is 26.4. The number of ether oxygens (including phenoxy) is 3. The molecular formula is C36H36FN5O4. The fourth-order valence-electron chi connectivity index (χ4n) is 6.53. The van der Waals surface area contributed by atoms with E-state index >= 15 is 4.39 Å². The molecule has 0 spiro atoms. The Hall–Kier alpha value is -4.99. The van der Waals surface area contributed by atoms with Crippen molar-refractivity contribution in [1.82, 2.24) is 19.9 Å². The van der Waals surface area contributed by atoms with Crippen molar-refractivity contribution in [3.05, 3.63) is 84.3 Å². The highest BCUT2D eigenvalue weighted by Gasteiger charge is 2.45. The highest BCUT2D eigenvalue weighted by Crippen LogP contribution is 2.39. The molecule has 5 aromatic rings. The number of hydrogen-bond acceptors (Lipinski definition) is 8. The zero-order valence-electron chi connectivity index (χ0n) is 26.4. The van der Waals surface area contributed by atoms with E-state index in [1.165, 1.54) is 7.11 Å². The monoisotopic (exact) mass is 621 g/mol. The molecule has 10 heteroatoms. The largest absolute Gasteiger partial charge is 0.489 e. The van der Waals surface area contributed by atoms with Gasteiger partial charge in [-0.2, -0.15) is 9.97 Å². The SMILES string of the molecule is COc1nc(N2CC3CCC(C2)N3C(=O)OC(C)(C)C)c2cnc(-c3cc(OCc4ccccc4)cc4ccccc34)c(F)c2n1. The van der Waals surface area contributed by atoms with Gasteiger partial charge in [0, 0.05) is 24.8 Å². The van der Waals surface area contributed by atoms with Crippen molar-refractivity contribution in [2.75, 3.05) is 25.1 Å². The van der Waals surface area contributed by atoms with Crippen molar-refractivity contribution >= 4 is 33.6 Å². The quantitative estimate of drug-likeness (QED) is 0.197. The summed E-state index contributed by atoms with van der Waals surface area (Å²) in [6.45, 7) is 7.04. The number of amides is 1. The van der Waals surface area contributed by atoms with Gasteiger partial charge in [0.05, 0.1) is 24.6 Å². The van der Waals surface area contributed by atoms with Crippen molar-refractivity contribution in [3.8, 4) is 23.0 Å². The molecule has 0 radical (unpaired) electrons. The van der Waals surface area contributed by atoms with E-state index in [1.54, 1.807) is 6.20 Å². The summed E-state index contributed by atoms with van der Waals surface area (Å²) in [7, 11) is 1.47. The van der Waals surface area contributed by atoms with Gasteiger partial charge in [-0.15, -0.1) is 0 Å². The van der Waals surface area contributed by atoms with Crippen LogP contribution in [0, 0.1) is 5.82 Å². The molecule has 7 rings (SSSR count). The Bertz CT molecular complexity index is 1920. The summed E-state index contributed by atoms with van der Waals surface area (Å²) in [6, 6.07) is 21.4. The Morgan fingerprint density at radius 1 is 0.957 bits per heavy atom. The van der Waals surface area contributed by atoms with Crippen LogP contribution < -0.4 is 14.4 Å². The number of methoxy groups -OCH3 is 1. The first-order valence-electron chi connectivity index (χ1n) is 15.5. The first-order chi connectivity index (χ1) is 22.2. The summed E-state index contributed by atoms with van der Waals surface area (Å²) in [5, 5.41) is 2.23. The van der Waals surface area contributed by atoms with E-state index in [0.29, 0.717) is 42.2 Å². The molecular weight excluding hydrogens is 585 g/mol. The van der Waals surface area contributed by atoms with Gasteiger partial charge in [0.25, 0.3) is 0 Å². The maximum absolute atomic E-state index is 16.7. The van der Waals surface area contributed by atoms with Crippen molar-refractivity contribution in [3.63, 3.8) is 0 Å². The lowest BCUT2D eigenvalue weighted by Crippen LogP contribution is -2.57. The summed E-state index contributed by atoms with van der Waals surface area (Å²) < 4.78 is 34.0. The molecule has 1 amide bonds. The maximum atomic E-state index is 16.7. The average molecular weight is 622 g/mol. The van der Waals surface area contributed by atoms with Crippen LogP contribution in [0.25, 0.3) is 32.9 Å². The number of aromatic nitrogens is 3. The fraction of sp³-hybridized carbons (Fsp3) is 0.333. The zero-order chi connectivity index (χ0) is 32.0. The van der Waals surface area contributed by atoms with E-state index in [4.69, 9.17) is 14.2 Å². The van der Waals surface area contributed by atoms with Crippen LogP contribution in [0.4, 0.5) is 15.0 Å². The average Bonchev–Trinajstić information content (AvgIpc) is 3.32. The lowest BCUT2D eigenvalue weighted by atomic mass is 10.00. The van der Waals surface area contributed by atoms with Crippen LogP contribution in [-0.2, 0) is 11.3 Å². The summed E-state index contributed by atoms with van der Waals surface area (Å²) in [5.74, 6) is 0.573. The van der Waals surface area contributed by atoms with E-state index in [1.807, 2.05) is 92.4 Å². The molecule has 2 unspecified atom stereocenters. The van der Waals surface area contributed by atoms with Crippen LogP contribution in [0.5, 0.6) is 11.8 Å². The van der Waals surface area contributed by atoms with Gasteiger partial charge in [-0.1, -0.05) is 54.6 Å². The molecule has 4 heterocycles. The van der Waals surface area contributed by atoms with Crippen LogP contribution in [-0.4, -0.2) is 63.8 Å². The van der Waals surface area contributed by atoms with Crippen molar-refractivity contribution in [2.45, 2.75) is 57.9 Å². The first kappa shape index (κ1) is 29.7. The number of fused-ring (bicyclic) bond motifs is 4. The minimum Gasteiger partial charge on any atom is -0.489 e. The van der Waals surface area contributed by atoms with Crippen LogP contribution in [0.2, 0.25) is 0 Å². The standard InChI is InChI=1S/C36H36FN5O4/c1-36(2,3)46-35(43)42-24-14-15-25(42)20-41(19-24)33-29-18-38-31(30(37)32(29)39-34(40-33)44-4)28-17-26(16-23-12-8-9-13-27(23)28)45-21-22-10-6-5-7-11-22/h5-13,16-18,24-25H,14-15,19-21H2,1-4H3. The summed E-state index contributed by atoms with van der Waals surface area (Å²) in [5.41, 5.74) is 1.33. The second kappa shape index (κ2) is 11.7. The molecule has 3 aromatic carbocycles. The number of halogens is 1. The summed E-state index contributed by atoms with van der Waals surface area (Å²) in [4.78, 5) is 30.8. The second-order valence-electron chi connectivity index (χ2n) is 12.9. The molecule has 2 atom stereocenters. The fourth-order valence-corrected chi connectivity index (χ4v) is 6.53. The van der Waals surface area contributed by atoms with Crippen LogP contribution in [0.15, 0.2) is 72.9 Å². The Morgan fingerprint density at radius 2 is 1.67 bits per heavy atom. The number of hydrogen-bond donors (Lipinski definition) is 0. The number of benzene rings is 3. The van der Waals surface area contributed by atoms with Crippen LogP contribution >= 0.6 is 0 Å². The second-order valence-corrected chi connectivity index (χ2v) is 12.9. The minimum atomic E-state index is -0.580. The molecule has 2 aliphatic heterocycles. The molecule has 2 saturated heterocycles. The van der Waals surface area contributed by atoms with Crippen molar-refractivity contribution in [1.29, 1.82) is 0 Å². The third kappa shape index (κ3) is 5.63. The third-order valence-corrected chi connectivity index (χ3v) is 8.55. The molecule has 0 saturated carbocycles. The molecule has 0 N–H and O–H groups in total. The van der Waals surface area contributed by atoms with E-state index in [-0.39, 0.29) is 35.4 Å². The Labute approximate surface area is 266 Å². The number of carbonyl (C=O) groups is 1. The van der Waals surface area contributed by atoms with E-state index < -0.39 is 11.4 Å². The molecule has 2 aromatic heterocycles. The number of pyridine rings is 1. The number of piperazine rings is 1. The lowest BCUT2D eigenvalue weighted by Gasteiger charge is -2.42. The number of carbonyl (C=O) groups excluding carboxylic acids is 1. The highest BCUT2D eigenvalue weighted by atomic mass is 19.1. The van der Waals surface area contributed by atoms with Gasteiger partial charge in [-0.05, 0) is 62.1 Å². The minimum absolute atomic E-state index is 0.0494. The Kier molecular flexibility index (Phi) is 7.58. The van der Waals surface area contributed by atoms with Crippen LogP contribution in [0.3, 0.4) is 0 Å². The van der Waals surface area contributed by atoms with Gasteiger partial charge < -0.3 is 19.1 Å². The van der Waals surface area contributed by atoms with E-state index in [0.717, 1.165) is 29.2 Å². The van der Waals surface area contributed by atoms with Crippen molar-refractivity contribution < 1.29 is 23.4 Å². The third-order valence-electron chi connectivity index (χ3n) is 8.55. The smallest absolute Gasteiger partial charge is 0.410 e. The van der Waals surface area contributed by atoms with Gasteiger partial charge in [0.2, 0.25) is 0 Å². The number of rotatable bonds is 6.